The summed E-state index contributed by atoms with van der Waals surface area (Å²) in [6.45, 7) is 2.04. The lowest BCUT2D eigenvalue weighted by Crippen LogP contribution is -2.30. The van der Waals surface area contributed by atoms with Crippen molar-refractivity contribution in [2.45, 2.75) is 25.6 Å². The Morgan fingerprint density at radius 2 is 2.12 bits per heavy atom. The molecule has 2 rings (SSSR count). The number of carbonyl (C=O) groups is 1. The second-order valence-electron chi connectivity index (χ2n) is 4.69. The molecule has 1 aromatic carbocycles. The maximum absolute atomic E-state index is 11.4. The van der Waals surface area contributed by atoms with Crippen LogP contribution in [0.3, 0.4) is 0 Å². The maximum atomic E-state index is 11.4. The van der Waals surface area contributed by atoms with E-state index >= 15 is 0 Å². The van der Waals surface area contributed by atoms with E-state index in [0.29, 0.717) is 25.4 Å². The largest absolute Gasteiger partial charge is 0.372 e. The van der Waals surface area contributed by atoms with Gasteiger partial charge in [0.05, 0.1) is 19.3 Å². The molecule has 0 saturated carbocycles. The van der Waals surface area contributed by atoms with Gasteiger partial charge < -0.3 is 4.74 Å². The molecule has 1 heterocycles. The number of hydrogen-bond donors (Lipinski definition) is 0. The molecule has 0 aromatic heterocycles. The molecule has 0 spiro atoms. The lowest BCUT2D eigenvalue weighted by Gasteiger charge is -2.19. The molecule has 0 radical (unpaired) electrons. The Bertz CT molecular complexity index is 364. The minimum Gasteiger partial charge on any atom is -0.372 e. The third-order valence-electron chi connectivity index (χ3n) is 3.04. The van der Waals surface area contributed by atoms with Gasteiger partial charge in [-0.2, -0.15) is 0 Å². The fourth-order valence-electron chi connectivity index (χ4n) is 2.13. The molecular formula is C14H19NO2. The van der Waals surface area contributed by atoms with E-state index in [0.717, 1.165) is 13.0 Å². The average molecular weight is 233 g/mol. The second-order valence-corrected chi connectivity index (χ2v) is 4.69. The monoisotopic (exact) mass is 233 g/mol. The van der Waals surface area contributed by atoms with E-state index in [9.17, 15) is 4.79 Å². The first-order valence-corrected chi connectivity index (χ1v) is 6.10. The number of hydrogen-bond acceptors (Lipinski definition) is 3. The fraction of sp³-hybridized carbons (Fsp3) is 0.500. The van der Waals surface area contributed by atoms with Crippen molar-refractivity contribution in [3.8, 4) is 0 Å². The summed E-state index contributed by atoms with van der Waals surface area (Å²) in [4.78, 5) is 13.5. The van der Waals surface area contributed by atoms with Gasteiger partial charge in [-0.3, -0.25) is 9.69 Å². The van der Waals surface area contributed by atoms with Crippen LogP contribution in [0.1, 0.15) is 18.4 Å². The first-order chi connectivity index (χ1) is 8.24. The van der Waals surface area contributed by atoms with E-state index in [4.69, 9.17) is 4.74 Å². The zero-order valence-corrected chi connectivity index (χ0v) is 10.3. The number of carbonyl (C=O) groups excluding carboxylic acids is 1. The number of Topliss-reactive ketones (excluding diaryl/α,β-unsaturated/α-hetero) is 1. The predicted octanol–water partition coefficient (Wildman–Crippen LogP) is 1.87. The Hall–Kier alpha value is -1.19. The van der Waals surface area contributed by atoms with Crippen molar-refractivity contribution in [2.24, 2.45) is 0 Å². The molecule has 3 nitrogen and oxygen atoms in total. The molecule has 92 valence electrons. The normalized spacial score (nSPS) is 22.4. The molecule has 1 unspecified atom stereocenters. The van der Waals surface area contributed by atoms with Gasteiger partial charge in [-0.15, -0.1) is 0 Å². The van der Waals surface area contributed by atoms with Crippen molar-refractivity contribution in [3.05, 3.63) is 35.9 Å². The van der Waals surface area contributed by atoms with Crippen molar-refractivity contribution >= 4 is 5.78 Å². The first kappa shape index (κ1) is 12.3. The van der Waals surface area contributed by atoms with Crippen molar-refractivity contribution < 1.29 is 9.53 Å². The molecular weight excluding hydrogens is 214 g/mol. The van der Waals surface area contributed by atoms with Crippen molar-refractivity contribution in [3.63, 3.8) is 0 Å². The predicted molar refractivity (Wildman–Crippen MR) is 66.8 cm³/mol. The van der Waals surface area contributed by atoms with Gasteiger partial charge in [-0.25, -0.2) is 0 Å². The average Bonchev–Trinajstić information content (AvgIpc) is 2.49. The van der Waals surface area contributed by atoms with Gasteiger partial charge in [0.2, 0.25) is 0 Å². The highest BCUT2D eigenvalue weighted by Crippen LogP contribution is 2.12. The Morgan fingerprint density at radius 1 is 1.35 bits per heavy atom. The maximum Gasteiger partial charge on any atom is 0.146 e. The van der Waals surface area contributed by atoms with Crippen LogP contribution < -0.4 is 0 Å². The third-order valence-corrected chi connectivity index (χ3v) is 3.04. The van der Waals surface area contributed by atoms with Crippen LogP contribution in [0.4, 0.5) is 0 Å². The Labute approximate surface area is 102 Å². The highest BCUT2D eigenvalue weighted by atomic mass is 16.5. The highest BCUT2D eigenvalue weighted by molar-refractivity contribution is 5.80. The van der Waals surface area contributed by atoms with Crippen LogP contribution in [0, 0.1) is 0 Å². The number of benzene rings is 1. The number of rotatable bonds is 3. The number of likely N-dealkylation sites (N-methyl/N-ethyl adjacent to an activating group) is 1. The molecule has 1 aliphatic rings. The molecule has 1 atom stereocenters. The number of nitrogens with zero attached hydrogens (tertiary/aromatic N) is 1. The quantitative estimate of drug-likeness (QED) is 0.798. The van der Waals surface area contributed by atoms with Crippen LogP contribution in [0.25, 0.3) is 0 Å². The number of ketones is 1. The van der Waals surface area contributed by atoms with Gasteiger partial charge in [0.1, 0.15) is 5.78 Å². The van der Waals surface area contributed by atoms with E-state index in [-0.39, 0.29) is 6.10 Å². The minimum absolute atomic E-state index is 0.173. The summed E-state index contributed by atoms with van der Waals surface area (Å²) in [6, 6.07) is 10.2. The summed E-state index contributed by atoms with van der Waals surface area (Å²) in [5, 5.41) is 0. The van der Waals surface area contributed by atoms with E-state index in [1.165, 1.54) is 5.56 Å². The SMILES string of the molecule is CN1CC(=O)CCC(OCc2ccccc2)C1. The van der Waals surface area contributed by atoms with Crippen LogP contribution in [-0.2, 0) is 16.1 Å². The summed E-state index contributed by atoms with van der Waals surface area (Å²) in [5.41, 5.74) is 1.19. The molecule has 1 saturated heterocycles. The van der Waals surface area contributed by atoms with E-state index in [1.807, 2.05) is 30.1 Å². The van der Waals surface area contributed by atoms with Crippen molar-refractivity contribution in [1.29, 1.82) is 0 Å². The molecule has 0 bridgehead atoms. The summed E-state index contributed by atoms with van der Waals surface area (Å²) in [6.07, 6.45) is 1.66. The molecule has 0 N–H and O–H groups in total. The van der Waals surface area contributed by atoms with Crippen LogP contribution in [0.5, 0.6) is 0 Å². The zero-order chi connectivity index (χ0) is 12.1. The van der Waals surface area contributed by atoms with Gasteiger partial charge >= 0.3 is 0 Å². The third kappa shape index (κ3) is 3.95. The Kier molecular flexibility index (Phi) is 4.29. The van der Waals surface area contributed by atoms with E-state index in [2.05, 4.69) is 12.1 Å². The van der Waals surface area contributed by atoms with Gasteiger partial charge in [-0.05, 0) is 19.0 Å². The van der Waals surface area contributed by atoms with Crippen LogP contribution in [-0.4, -0.2) is 36.9 Å². The number of ether oxygens (including phenoxy) is 1. The summed E-state index contributed by atoms with van der Waals surface area (Å²) in [7, 11) is 1.97. The molecule has 0 aliphatic carbocycles. The lowest BCUT2D eigenvalue weighted by molar-refractivity contribution is -0.119. The first-order valence-electron chi connectivity index (χ1n) is 6.10. The van der Waals surface area contributed by atoms with Gasteiger partial charge in [-0.1, -0.05) is 30.3 Å². The van der Waals surface area contributed by atoms with Gasteiger partial charge in [0.25, 0.3) is 0 Å². The van der Waals surface area contributed by atoms with Gasteiger partial charge in [0, 0.05) is 13.0 Å². The standard InChI is InChI=1S/C14H19NO2/c1-15-9-13(16)7-8-14(10-15)17-11-12-5-3-2-4-6-12/h2-6,14H,7-11H2,1H3. The summed E-state index contributed by atoms with van der Waals surface area (Å²) < 4.78 is 5.87. The topological polar surface area (TPSA) is 29.5 Å². The zero-order valence-electron chi connectivity index (χ0n) is 10.3. The van der Waals surface area contributed by atoms with E-state index < -0.39 is 0 Å². The molecule has 1 fully saturated rings. The molecule has 17 heavy (non-hydrogen) atoms. The summed E-state index contributed by atoms with van der Waals surface area (Å²) in [5.74, 6) is 0.318. The van der Waals surface area contributed by atoms with Crippen molar-refractivity contribution in [2.75, 3.05) is 20.1 Å². The fourth-order valence-corrected chi connectivity index (χ4v) is 2.13. The Morgan fingerprint density at radius 3 is 2.88 bits per heavy atom. The van der Waals surface area contributed by atoms with E-state index in [1.54, 1.807) is 0 Å². The minimum atomic E-state index is 0.173. The summed E-state index contributed by atoms with van der Waals surface area (Å²) >= 11 is 0. The molecule has 1 aromatic rings. The number of likely N-dealkylation sites (tertiary alicyclic amines) is 1. The highest BCUT2D eigenvalue weighted by Gasteiger charge is 2.20. The Balaban J connectivity index is 1.84. The van der Waals surface area contributed by atoms with Crippen LogP contribution >= 0.6 is 0 Å². The smallest absolute Gasteiger partial charge is 0.146 e. The van der Waals surface area contributed by atoms with Crippen molar-refractivity contribution in [1.82, 2.24) is 4.90 Å². The molecule has 3 heteroatoms. The van der Waals surface area contributed by atoms with Gasteiger partial charge in [0.15, 0.2) is 0 Å². The second kappa shape index (κ2) is 5.94. The molecule has 1 aliphatic heterocycles. The van der Waals surface area contributed by atoms with Crippen LogP contribution in [0.2, 0.25) is 0 Å². The van der Waals surface area contributed by atoms with Crippen LogP contribution in [0.15, 0.2) is 30.3 Å². The lowest BCUT2D eigenvalue weighted by atomic mass is 10.1. The molecule has 0 amide bonds.